The Hall–Kier alpha value is -2.78. The topological polar surface area (TPSA) is 86.8 Å². The minimum Gasteiger partial charge on any atom is -0.354 e. The van der Waals surface area contributed by atoms with Crippen LogP contribution >= 0.6 is 34.8 Å². The monoisotopic (exact) mass is 651 g/mol. The molecule has 0 bridgehead atoms. The predicted molar refractivity (Wildman–Crippen MR) is 172 cm³/mol. The summed E-state index contributed by atoms with van der Waals surface area (Å²) >= 11 is 18.5. The molecule has 42 heavy (non-hydrogen) atoms. The number of hydrogen-bond acceptors (Lipinski definition) is 4. The van der Waals surface area contributed by atoms with E-state index in [1.807, 2.05) is 56.3 Å². The molecule has 0 aromatic heterocycles. The number of carbonyl (C=O) groups is 2. The molecule has 3 aromatic rings. The van der Waals surface area contributed by atoms with Gasteiger partial charge in [0.15, 0.2) is 0 Å². The Balaban J connectivity index is 1.89. The van der Waals surface area contributed by atoms with Crippen LogP contribution in [0.25, 0.3) is 0 Å². The molecule has 7 nitrogen and oxygen atoms in total. The standard InChI is InChI=1S/C31H36Cl3N3O4S/c1-22(2)20-35-31(39)29(18-23-8-5-4-6-9-23)36(21-24-11-13-25(32)14-12-24)30(38)10-7-17-37(42(3,40)41)28-19-26(33)15-16-27(28)34/h4-6,8-9,11-16,19,22,29H,7,10,17-18,20-21H2,1-3H3,(H,35,39)/t29-/m1/s1. The van der Waals surface area contributed by atoms with Crippen molar-refractivity contribution in [1.82, 2.24) is 10.2 Å². The third-order valence-corrected chi connectivity index (χ3v) is 8.54. The van der Waals surface area contributed by atoms with E-state index in [1.165, 1.54) is 12.1 Å². The highest BCUT2D eigenvalue weighted by Crippen LogP contribution is 2.31. The number of amides is 2. The molecular weight excluding hydrogens is 617 g/mol. The number of anilines is 1. The van der Waals surface area contributed by atoms with Gasteiger partial charge in [0.1, 0.15) is 6.04 Å². The van der Waals surface area contributed by atoms with Gasteiger partial charge in [0.25, 0.3) is 0 Å². The Morgan fingerprint density at radius 2 is 1.52 bits per heavy atom. The minimum atomic E-state index is -3.73. The molecule has 0 spiro atoms. The SMILES string of the molecule is CC(C)CNC(=O)[C@@H](Cc1ccccc1)N(Cc1ccc(Cl)cc1)C(=O)CCCN(c1cc(Cl)ccc1Cl)S(C)(=O)=O. The van der Waals surface area contributed by atoms with E-state index in [4.69, 9.17) is 34.8 Å². The van der Waals surface area contributed by atoms with Crippen molar-refractivity contribution in [1.29, 1.82) is 0 Å². The number of hydrogen-bond donors (Lipinski definition) is 1. The van der Waals surface area contributed by atoms with Gasteiger partial charge in [-0.3, -0.25) is 13.9 Å². The van der Waals surface area contributed by atoms with Crippen LogP contribution < -0.4 is 9.62 Å². The van der Waals surface area contributed by atoms with E-state index >= 15 is 0 Å². The van der Waals surface area contributed by atoms with Gasteiger partial charge in [0.05, 0.1) is 17.0 Å². The second-order valence-corrected chi connectivity index (χ2v) is 13.7. The lowest BCUT2D eigenvalue weighted by atomic mass is 10.0. The molecule has 0 saturated heterocycles. The highest BCUT2D eigenvalue weighted by Gasteiger charge is 2.31. The molecule has 0 aliphatic rings. The second kappa shape index (κ2) is 15.6. The van der Waals surface area contributed by atoms with Crippen molar-refractivity contribution in [2.45, 2.75) is 45.7 Å². The molecule has 0 heterocycles. The van der Waals surface area contributed by atoms with Gasteiger partial charge in [-0.05, 0) is 53.8 Å². The first-order valence-corrected chi connectivity index (χ1v) is 16.6. The van der Waals surface area contributed by atoms with Crippen LogP contribution in [0, 0.1) is 5.92 Å². The normalized spacial score (nSPS) is 12.2. The minimum absolute atomic E-state index is 0.000540. The molecule has 11 heteroatoms. The molecule has 1 atom stereocenters. The number of halogens is 3. The summed E-state index contributed by atoms with van der Waals surface area (Å²) in [6.07, 6.45) is 1.59. The molecule has 0 saturated carbocycles. The van der Waals surface area contributed by atoms with Gasteiger partial charge in [0, 0.05) is 42.5 Å². The molecule has 2 amide bonds. The maximum Gasteiger partial charge on any atom is 0.243 e. The molecule has 3 aromatic carbocycles. The number of benzene rings is 3. The van der Waals surface area contributed by atoms with Gasteiger partial charge in [-0.25, -0.2) is 8.42 Å². The van der Waals surface area contributed by atoms with Gasteiger partial charge in [-0.15, -0.1) is 0 Å². The fourth-order valence-electron chi connectivity index (χ4n) is 4.42. The van der Waals surface area contributed by atoms with E-state index in [-0.39, 0.29) is 54.4 Å². The summed E-state index contributed by atoms with van der Waals surface area (Å²) in [6.45, 7) is 4.66. The molecule has 0 aliphatic heterocycles. The largest absolute Gasteiger partial charge is 0.354 e. The van der Waals surface area contributed by atoms with Crippen LogP contribution in [-0.2, 0) is 32.6 Å². The van der Waals surface area contributed by atoms with Gasteiger partial charge >= 0.3 is 0 Å². The van der Waals surface area contributed by atoms with Gasteiger partial charge < -0.3 is 10.2 Å². The zero-order valence-corrected chi connectivity index (χ0v) is 27.0. The van der Waals surface area contributed by atoms with E-state index in [9.17, 15) is 18.0 Å². The summed E-state index contributed by atoms with van der Waals surface area (Å²) in [7, 11) is -3.73. The summed E-state index contributed by atoms with van der Waals surface area (Å²) in [5, 5.41) is 4.12. The van der Waals surface area contributed by atoms with Crippen molar-refractivity contribution < 1.29 is 18.0 Å². The van der Waals surface area contributed by atoms with Crippen LogP contribution in [0.4, 0.5) is 5.69 Å². The van der Waals surface area contributed by atoms with Crippen molar-refractivity contribution in [3.8, 4) is 0 Å². The smallest absolute Gasteiger partial charge is 0.243 e. The average Bonchev–Trinajstić information content (AvgIpc) is 2.94. The molecule has 1 N–H and O–H groups in total. The zero-order valence-electron chi connectivity index (χ0n) is 23.9. The number of nitrogens with zero attached hydrogens (tertiary/aromatic N) is 2. The lowest BCUT2D eigenvalue weighted by Gasteiger charge is -2.32. The summed E-state index contributed by atoms with van der Waals surface area (Å²) in [4.78, 5) is 29.0. The van der Waals surface area contributed by atoms with Crippen molar-refractivity contribution >= 4 is 62.3 Å². The van der Waals surface area contributed by atoms with E-state index in [0.717, 1.165) is 21.7 Å². The maximum absolute atomic E-state index is 13.9. The van der Waals surface area contributed by atoms with Gasteiger partial charge in [0.2, 0.25) is 21.8 Å². The second-order valence-electron chi connectivity index (χ2n) is 10.5. The van der Waals surface area contributed by atoms with Crippen LogP contribution in [0.3, 0.4) is 0 Å². The first-order valence-electron chi connectivity index (χ1n) is 13.6. The van der Waals surface area contributed by atoms with E-state index in [2.05, 4.69) is 5.32 Å². The molecule has 0 unspecified atom stereocenters. The van der Waals surface area contributed by atoms with E-state index in [0.29, 0.717) is 23.0 Å². The summed E-state index contributed by atoms with van der Waals surface area (Å²) in [6, 6.07) is 20.4. The van der Waals surface area contributed by atoms with E-state index in [1.54, 1.807) is 23.1 Å². The Morgan fingerprint density at radius 1 is 0.881 bits per heavy atom. The fraction of sp³-hybridized carbons (Fsp3) is 0.355. The van der Waals surface area contributed by atoms with Crippen LogP contribution in [-0.4, -0.2) is 50.5 Å². The van der Waals surface area contributed by atoms with Crippen LogP contribution in [0.1, 0.15) is 37.8 Å². The van der Waals surface area contributed by atoms with Crippen molar-refractivity contribution in [3.05, 3.63) is 99.0 Å². The highest BCUT2D eigenvalue weighted by atomic mass is 35.5. The third-order valence-electron chi connectivity index (χ3n) is 6.55. The Bertz CT molecular complexity index is 1450. The molecule has 3 rings (SSSR count). The van der Waals surface area contributed by atoms with Gasteiger partial charge in [-0.1, -0.05) is 91.1 Å². The quantitative estimate of drug-likeness (QED) is 0.213. The molecule has 0 fully saturated rings. The average molecular weight is 653 g/mol. The zero-order chi connectivity index (χ0) is 30.9. The lowest BCUT2D eigenvalue weighted by Crippen LogP contribution is -2.51. The van der Waals surface area contributed by atoms with E-state index < -0.39 is 16.1 Å². The third kappa shape index (κ3) is 10.2. The molecule has 0 aliphatic carbocycles. The Labute approximate surface area is 263 Å². The summed E-state index contributed by atoms with van der Waals surface area (Å²) in [5.41, 5.74) is 1.97. The predicted octanol–water partition coefficient (Wildman–Crippen LogP) is 6.61. The van der Waals surface area contributed by atoms with Crippen molar-refractivity contribution in [3.63, 3.8) is 0 Å². The Kier molecular flexibility index (Phi) is 12.5. The van der Waals surface area contributed by atoms with Crippen LogP contribution in [0.2, 0.25) is 15.1 Å². The van der Waals surface area contributed by atoms with Crippen LogP contribution in [0.15, 0.2) is 72.8 Å². The highest BCUT2D eigenvalue weighted by molar-refractivity contribution is 7.92. The maximum atomic E-state index is 13.9. The number of nitrogens with one attached hydrogen (secondary N) is 1. The number of rotatable bonds is 14. The number of carbonyl (C=O) groups excluding carboxylic acids is 2. The summed E-state index contributed by atoms with van der Waals surface area (Å²) < 4.78 is 26.5. The van der Waals surface area contributed by atoms with Gasteiger partial charge in [-0.2, -0.15) is 0 Å². The molecular formula is C31H36Cl3N3O4S. The first-order chi connectivity index (χ1) is 19.8. The number of sulfonamides is 1. The summed E-state index contributed by atoms with van der Waals surface area (Å²) in [5.74, 6) is -0.304. The van der Waals surface area contributed by atoms with Crippen molar-refractivity contribution in [2.75, 3.05) is 23.7 Å². The first kappa shape index (κ1) is 33.7. The fourth-order valence-corrected chi connectivity index (χ4v) is 5.95. The molecule has 0 radical (unpaired) electrons. The van der Waals surface area contributed by atoms with Crippen molar-refractivity contribution in [2.24, 2.45) is 5.92 Å². The Morgan fingerprint density at radius 3 is 2.14 bits per heavy atom. The van der Waals surface area contributed by atoms with Crippen LogP contribution in [0.5, 0.6) is 0 Å². The lowest BCUT2D eigenvalue weighted by molar-refractivity contribution is -0.141. The molecule has 226 valence electrons.